The summed E-state index contributed by atoms with van der Waals surface area (Å²) in [6.45, 7) is 6.08. The van der Waals surface area contributed by atoms with Crippen molar-refractivity contribution in [3.8, 4) is 17.2 Å². The zero-order chi connectivity index (χ0) is 25.9. The molecule has 0 unspecified atom stereocenters. The van der Waals surface area contributed by atoms with Crippen LogP contribution in [0.15, 0.2) is 48.5 Å². The highest BCUT2D eigenvalue weighted by molar-refractivity contribution is 5.64. The molecular formula is C34H47NO2. The first-order valence-electron chi connectivity index (χ1n) is 15.0. The van der Waals surface area contributed by atoms with Gasteiger partial charge in [0.15, 0.2) is 6.29 Å². The molecule has 200 valence electrons. The lowest BCUT2D eigenvalue weighted by Gasteiger charge is -2.35. The van der Waals surface area contributed by atoms with E-state index in [-0.39, 0.29) is 11.7 Å². The minimum atomic E-state index is -0.238. The van der Waals surface area contributed by atoms with Gasteiger partial charge >= 0.3 is 0 Å². The smallest absolute Gasteiger partial charge is 0.183 e. The maximum Gasteiger partial charge on any atom is 0.183 e. The largest absolute Gasteiger partial charge is 0.348 e. The number of hydrogen-bond acceptors (Lipinski definition) is 3. The predicted octanol–water partition coefficient (Wildman–Crippen LogP) is 9.73. The van der Waals surface area contributed by atoms with E-state index in [4.69, 9.17) is 9.47 Å². The monoisotopic (exact) mass is 501 g/mol. The van der Waals surface area contributed by atoms with Crippen LogP contribution in [-0.2, 0) is 9.47 Å². The highest BCUT2D eigenvalue weighted by atomic mass is 16.7. The van der Waals surface area contributed by atoms with Gasteiger partial charge in [-0.25, -0.2) is 0 Å². The van der Waals surface area contributed by atoms with Crippen LogP contribution in [0.2, 0.25) is 0 Å². The van der Waals surface area contributed by atoms with E-state index in [0.29, 0.717) is 11.8 Å². The molecule has 3 heteroatoms. The Kier molecular flexibility index (Phi) is 10.6. The average molecular weight is 502 g/mol. The molecule has 1 aliphatic heterocycles. The van der Waals surface area contributed by atoms with Crippen LogP contribution in [0.1, 0.15) is 121 Å². The van der Waals surface area contributed by atoms with Crippen LogP contribution in [0.25, 0.3) is 11.1 Å². The van der Waals surface area contributed by atoms with Gasteiger partial charge < -0.3 is 9.47 Å². The van der Waals surface area contributed by atoms with Crippen LogP contribution in [0.3, 0.4) is 0 Å². The van der Waals surface area contributed by atoms with Gasteiger partial charge in [-0.2, -0.15) is 5.26 Å². The van der Waals surface area contributed by atoms with Crippen molar-refractivity contribution in [1.82, 2.24) is 0 Å². The first kappa shape index (κ1) is 27.9. The zero-order valence-electron chi connectivity index (χ0n) is 23.2. The summed E-state index contributed by atoms with van der Waals surface area (Å²) in [5.41, 5.74) is 4.92. The van der Waals surface area contributed by atoms with Gasteiger partial charge in [0.1, 0.15) is 0 Å². The van der Waals surface area contributed by atoms with Gasteiger partial charge in [-0.15, -0.1) is 0 Å². The number of ether oxygens (including phenoxy) is 2. The molecule has 1 saturated heterocycles. The minimum absolute atomic E-state index is 0.0768. The molecule has 0 amide bonds. The van der Waals surface area contributed by atoms with E-state index >= 15 is 0 Å². The molecular weight excluding hydrogens is 454 g/mol. The predicted molar refractivity (Wildman–Crippen MR) is 152 cm³/mol. The van der Waals surface area contributed by atoms with E-state index in [1.807, 2.05) is 0 Å². The maximum atomic E-state index is 9.94. The minimum Gasteiger partial charge on any atom is -0.348 e. The molecule has 4 rings (SSSR count). The number of nitrogens with zero attached hydrogens (tertiary/aromatic N) is 1. The van der Waals surface area contributed by atoms with Crippen molar-refractivity contribution in [2.45, 2.75) is 110 Å². The van der Waals surface area contributed by atoms with Crippen LogP contribution in [0.4, 0.5) is 0 Å². The normalized spacial score (nSPS) is 26.0. The van der Waals surface area contributed by atoms with E-state index in [0.717, 1.165) is 50.9 Å². The summed E-state index contributed by atoms with van der Waals surface area (Å²) < 4.78 is 12.0. The van der Waals surface area contributed by atoms with Crippen LogP contribution < -0.4 is 0 Å². The number of rotatable bonds is 12. The van der Waals surface area contributed by atoms with E-state index < -0.39 is 0 Å². The number of unbranched alkanes of at least 4 members (excludes halogenated alkanes) is 5. The molecule has 1 aliphatic carbocycles. The second kappa shape index (κ2) is 14.1. The Hall–Kier alpha value is -2.15. The van der Waals surface area contributed by atoms with Crippen molar-refractivity contribution < 1.29 is 9.47 Å². The lowest BCUT2D eigenvalue weighted by Crippen LogP contribution is -2.27. The number of benzene rings is 2. The van der Waals surface area contributed by atoms with E-state index in [9.17, 15) is 5.26 Å². The summed E-state index contributed by atoms with van der Waals surface area (Å²) in [4.78, 5) is 0. The Bertz CT molecular complexity index is 958. The molecule has 0 atom stereocenters. The van der Waals surface area contributed by atoms with Crippen molar-refractivity contribution >= 4 is 0 Å². The molecule has 2 aromatic rings. The van der Waals surface area contributed by atoms with Gasteiger partial charge in [-0.05, 0) is 61.1 Å². The summed E-state index contributed by atoms with van der Waals surface area (Å²) in [7, 11) is 0. The third kappa shape index (κ3) is 7.68. The second-order valence-electron chi connectivity index (χ2n) is 11.6. The third-order valence-corrected chi connectivity index (χ3v) is 8.77. The molecule has 37 heavy (non-hydrogen) atoms. The first-order valence-corrected chi connectivity index (χ1v) is 15.0. The first-order chi connectivity index (χ1) is 18.2. The molecule has 2 aliphatic rings. The Morgan fingerprint density at radius 1 is 0.757 bits per heavy atom. The average Bonchev–Trinajstić information content (AvgIpc) is 2.97. The number of hydrogen-bond donors (Lipinski definition) is 0. The van der Waals surface area contributed by atoms with Gasteiger partial charge in [0.2, 0.25) is 0 Å². The second-order valence-corrected chi connectivity index (χ2v) is 11.6. The highest BCUT2D eigenvalue weighted by Gasteiger charge is 2.35. The fraction of sp³-hybridized carbons (Fsp3) is 0.618. The maximum absolute atomic E-state index is 9.94. The van der Waals surface area contributed by atoms with Crippen molar-refractivity contribution in [2.75, 3.05) is 13.2 Å². The molecule has 0 aromatic heterocycles. The van der Waals surface area contributed by atoms with Crippen LogP contribution >= 0.6 is 0 Å². The fourth-order valence-electron chi connectivity index (χ4n) is 6.16. The van der Waals surface area contributed by atoms with Crippen LogP contribution in [0, 0.1) is 22.7 Å². The molecule has 2 aromatic carbocycles. The van der Waals surface area contributed by atoms with E-state index in [1.165, 1.54) is 68.1 Å². The summed E-state index contributed by atoms with van der Waals surface area (Å²) in [6.07, 6.45) is 15.3. The Balaban J connectivity index is 1.27. The summed E-state index contributed by atoms with van der Waals surface area (Å²) >= 11 is 0. The summed E-state index contributed by atoms with van der Waals surface area (Å²) in [5, 5.41) is 9.94. The Morgan fingerprint density at radius 2 is 1.32 bits per heavy atom. The van der Waals surface area contributed by atoms with Crippen LogP contribution in [-0.4, -0.2) is 13.2 Å². The SMILES string of the molecule is CCCCCCCC1(C#N)CCC(c2ccc(-c3ccc(C4OCC(CCCC)CO4)cc3)cc2)CC1. The molecule has 1 saturated carbocycles. The van der Waals surface area contributed by atoms with Gasteiger partial charge in [0.25, 0.3) is 0 Å². The molecule has 1 heterocycles. The van der Waals surface area contributed by atoms with Crippen LogP contribution in [0.5, 0.6) is 0 Å². The molecule has 0 radical (unpaired) electrons. The molecule has 0 bridgehead atoms. The highest BCUT2D eigenvalue weighted by Crippen LogP contribution is 2.46. The van der Waals surface area contributed by atoms with Crippen molar-refractivity contribution in [2.24, 2.45) is 11.3 Å². The van der Waals surface area contributed by atoms with E-state index in [1.54, 1.807) is 0 Å². The number of nitriles is 1. The third-order valence-electron chi connectivity index (χ3n) is 8.77. The topological polar surface area (TPSA) is 42.2 Å². The van der Waals surface area contributed by atoms with Gasteiger partial charge in [-0.3, -0.25) is 0 Å². The zero-order valence-corrected chi connectivity index (χ0v) is 23.2. The van der Waals surface area contributed by atoms with Gasteiger partial charge in [0, 0.05) is 11.5 Å². The molecule has 3 nitrogen and oxygen atoms in total. The van der Waals surface area contributed by atoms with E-state index in [2.05, 4.69) is 68.4 Å². The molecule has 0 N–H and O–H groups in total. The lowest BCUT2D eigenvalue weighted by atomic mass is 9.67. The Morgan fingerprint density at radius 3 is 1.89 bits per heavy atom. The lowest BCUT2D eigenvalue weighted by molar-refractivity contribution is -0.206. The molecule has 2 fully saturated rings. The fourth-order valence-corrected chi connectivity index (χ4v) is 6.16. The quantitative estimate of drug-likeness (QED) is 0.272. The van der Waals surface area contributed by atoms with Crippen molar-refractivity contribution in [3.63, 3.8) is 0 Å². The van der Waals surface area contributed by atoms with Gasteiger partial charge in [0.05, 0.1) is 24.7 Å². The summed E-state index contributed by atoms with van der Waals surface area (Å²) in [5.74, 6) is 1.12. The Labute approximate surface area is 225 Å². The molecule has 0 spiro atoms. The van der Waals surface area contributed by atoms with Crippen molar-refractivity contribution in [1.29, 1.82) is 5.26 Å². The van der Waals surface area contributed by atoms with Gasteiger partial charge in [-0.1, -0.05) is 107 Å². The van der Waals surface area contributed by atoms with Crippen molar-refractivity contribution in [3.05, 3.63) is 59.7 Å². The standard InChI is InChI=1S/C34H47NO2/c1-3-5-7-8-9-21-34(26-35)22-19-31(20-23-34)30-13-11-28(12-14-30)29-15-17-32(18-16-29)33-36-24-27(25-37-33)10-6-4-2/h11-18,27,31,33H,3-10,19-25H2,1-2H3. The summed E-state index contributed by atoms with van der Waals surface area (Å²) in [6, 6.07) is 20.5.